The maximum atomic E-state index is 5.59. The quantitative estimate of drug-likeness (QED) is 0.855. The van der Waals surface area contributed by atoms with Crippen LogP contribution in [0.4, 0.5) is 17.5 Å². The molecule has 98 valence electrons. The number of hydrogen-bond acceptors (Lipinski definition) is 6. The van der Waals surface area contributed by atoms with Gasteiger partial charge in [0.05, 0.1) is 0 Å². The van der Waals surface area contributed by atoms with E-state index in [9.17, 15) is 0 Å². The Labute approximate surface area is 110 Å². The van der Waals surface area contributed by atoms with E-state index in [0.29, 0.717) is 19.0 Å². The van der Waals surface area contributed by atoms with Crippen LogP contribution in [0.15, 0.2) is 24.4 Å². The van der Waals surface area contributed by atoms with E-state index in [0.717, 1.165) is 22.7 Å². The van der Waals surface area contributed by atoms with Gasteiger partial charge in [-0.15, -0.1) is 0 Å². The molecule has 3 N–H and O–H groups in total. The van der Waals surface area contributed by atoms with E-state index in [2.05, 4.69) is 15.3 Å². The number of nitrogens with one attached hydrogen (secondary N) is 1. The molecule has 0 aliphatic carbocycles. The summed E-state index contributed by atoms with van der Waals surface area (Å²) in [6.45, 7) is 3.07. The van der Waals surface area contributed by atoms with Crippen LogP contribution in [0.3, 0.4) is 0 Å². The van der Waals surface area contributed by atoms with Crippen molar-refractivity contribution in [3.05, 3.63) is 30.0 Å². The average Bonchev–Trinajstić information content (AvgIpc) is 2.43. The van der Waals surface area contributed by atoms with Gasteiger partial charge in [-0.1, -0.05) is 0 Å². The Bertz CT molecular complexity index is 616. The highest BCUT2D eigenvalue weighted by atomic mass is 16.6. The van der Waals surface area contributed by atoms with Crippen molar-refractivity contribution in [1.82, 2.24) is 9.97 Å². The van der Waals surface area contributed by atoms with Crippen LogP contribution in [0.5, 0.6) is 11.5 Å². The lowest BCUT2D eigenvalue weighted by atomic mass is 10.2. The fourth-order valence-electron chi connectivity index (χ4n) is 1.84. The van der Waals surface area contributed by atoms with E-state index in [1.54, 1.807) is 6.20 Å². The number of rotatable bonds is 2. The average molecular weight is 258 g/mol. The third kappa shape index (κ3) is 2.37. The highest BCUT2D eigenvalue weighted by molar-refractivity contribution is 5.63. The van der Waals surface area contributed by atoms with Crippen molar-refractivity contribution in [3.8, 4) is 11.5 Å². The molecule has 1 aliphatic rings. The molecule has 0 unspecified atom stereocenters. The van der Waals surface area contributed by atoms with Gasteiger partial charge in [0, 0.05) is 23.5 Å². The summed E-state index contributed by atoms with van der Waals surface area (Å²) in [6, 6.07) is 5.66. The van der Waals surface area contributed by atoms with Crippen LogP contribution in [-0.2, 0) is 0 Å². The number of benzene rings is 1. The Balaban J connectivity index is 1.89. The molecular formula is C13H14N4O2. The zero-order valence-corrected chi connectivity index (χ0v) is 10.5. The summed E-state index contributed by atoms with van der Waals surface area (Å²) in [6.07, 6.45) is 1.68. The minimum absolute atomic E-state index is 0.241. The van der Waals surface area contributed by atoms with Crippen molar-refractivity contribution in [1.29, 1.82) is 0 Å². The molecule has 1 aromatic heterocycles. The second-order valence-electron chi connectivity index (χ2n) is 4.24. The lowest BCUT2D eigenvalue weighted by Gasteiger charge is -2.19. The van der Waals surface area contributed by atoms with Crippen LogP contribution in [0.2, 0.25) is 0 Å². The van der Waals surface area contributed by atoms with Gasteiger partial charge in [-0.2, -0.15) is 4.98 Å². The third-order valence-corrected chi connectivity index (χ3v) is 2.80. The van der Waals surface area contributed by atoms with Crippen molar-refractivity contribution in [2.45, 2.75) is 6.92 Å². The zero-order valence-electron chi connectivity index (χ0n) is 10.5. The summed E-state index contributed by atoms with van der Waals surface area (Å²) < 4.78 is 11.0. The Hall–Kier alpha value is -2.50. The molecule has 2 aromatic rings. The molecule has 1 aliphatic heterocycles. The lowest BCUT2D eigenvalue weighted by Crippen LogP contribution is -2.15. The Kier molecular flexibility index (Phi) is 2.83. The van der Waals surface area contributed by atoms with Crippen LogP contribution in [0.25, 0.3) is 0 Å². The first-order valence-corrected chi connectivity index (χ1v) is 5.98. The monoisotopic (exact) mass is 258 g/mol. The highest BCUT2D eigenvalue weighted by Gasteiger charge is 2.12. The first kappa shape index (κ1) is 11.6. The predicted molar refractivity (Wildman–Crippen MR) is 71.9 cm³/mol. The van der Waals surface area contributed by atoms with Gasteiger partial charge in [0.25, 0.3) is 0 Å². The normalized spacial score (nSPS) is 13.1. The van der Waals surface area contributed by atoms with Gasteiger partial charge < -0.3 is 20.5 Å². The maximum absolute atomic E-state index is 5.59. The van der Waals surface area contributed by atoms with Gasteiger partial charge in [-0.05, 0) is 19.1 Å². The predicted octanol–water partition coefficient (Wildman–Crippen LogP) is 1.88. The molecule has 19 heavy (non-hydrogen) atoms. The summed E-state index contributed by atoms with van der Waals surface area (Å²) in [5.74, 6) is 2.42. The molecular weight excluding hydrogens is 244 g/mol. The molecule has 6 nitrogen and oxygen atoms in total. The van der Waals surface area contributed by atoms with Gasteiger partial charge in [-0.3, -0.25) is 0 Å². The van der Waals surface area contributed by atoms with E-state index in [1.807, 2.05) is 25.1 Å². The Morgan fingerprint density at radius 2 is 2.00 bits per heavy atom. The topological polar surface area (TPSA) is 82.3 Å². The van der Waals surface area contributed by atoms with Crippen molar-refractivity contribution in [2.24, 2.45) is 0 Å². The second-order valence-corrected chi connectivity index (χ2v) is 4.24. The fourth-order valence-corrected chi connectivity index (χ4v) is 1.84. The SMILES string of the molecule is Cc1cnc(N)nc1Nc1ccc2c(c1)OCCO2. The van der Waals surface area contributed by atoms with Crippen LogP contribution in [0, 0.1) is 6.92 Å². The number of nitrogen functional groups attached to an aromatic ring is 1. The molecule has 0 atom stereocenters. The largest absolute Gasteiger partial charge is 0.486 e. The summed E-state index contributed by atoms with van der Waals surface area (Å²) in [5.41, 5.74) is 7.37. The van der Waals surface area contributed by atoms with Gasteiger partial charge in [0.15, 0.2) is 11.5 Å². The van der Waals surface area contributed by atoms with E-state index in [4.69, 9.17) is 15.2 Å². The number of aromatic nitrogens is 2. The standard InChI is InChI=1S/C13H14N4O2/c1-8-7-15-13(14)17-12(8)16-9-2-3-10-11(6-9)19-5-4-18-10/h2-3,6-7H,4-5H2,1H3,(H3,14,15,16,17). The molecule has 2 heterocycles. The molecule has 0 spiro atoms. The molecule has 0 saturated carbocycles. The van der Waals surface area contributed by atoms with E-state index >= 15 is 0 Å². The van der Waals surface area contributed by atoms with Gasteiger partial charge in [0.1, 0.15) is 19.0 Å². The summed E-state index contributed by atoms with van der Waals surface area (Å²) in [5, 5.41) is 3.20. The second kappa shape index (κ2) is 4.64. The minimum atomic E-state index is 0.241. The first-order chi connectivity index (χ1) is 9.22. The molecule has 0 fully saturated rings. The van der Waals surface area contributed by atoms with Crippen molar-refractivity contribution >= 4 is 17.5 Å². The van der Waals surface area contributed by atoms with Crippen LogP contribution in [-0.4, -0.2) is 23.2 Å². The lowest BCUT2D eigenvalue weighted by molar-refractivity contribution is 0.171. The molecule has 1 aromatic carbocycles. The molecule has 0 radical (unpaired) electrons. The number of ether oxygens (including phenoxy) is 2. The van der Waals surface area contributed by atoms with Gasteiger partial charge in [0.2, 0.25) is 5.95 Å². The summed E-state index contributed by atoms with van der Waals surface area (Å²) in [4.78, 5) is 8.10. The fraction of sp³-hybridized carbons (Fsp3) is 0.231. The molecule has 0 bridgehead atoms. The van der Waals surface area contributed by atoms with Crippen molar-refractivity contribution < 1.29 is 9.47 Å². The Morgan fingerprint density at radius 3 is 2.84 bits per heavy atom. The van der Waals surface area contributed by atoms with Gasteiger partial charge in [-0.25, -0.2) is 4.98 Å². The summed E-state index contributed by atoms with van der Waals surface area (Å²) in [7, 11) is 0. The number of hydrogen-bond donors (Lipinski definition) is 2. The molecule has 0 saturated heterocycles. The van der Waals surface area contributed by atoms with Crippen LogP contribution < -0.4 is 20.5 Å². The van der Waals surface area contributed by atoms with Crippen molar-refractivity contribution in [3.63, 3.8) is 0 Å². The number of nitrogens with two attached hydrogens (primary N) is 1. The number of fused-ring (bicyclic) bond motifs is 1. The molecule has 6 heteroatoms. The minimum Gasteiger partial charge on any atom is -0.486 e. The Morgan fingerprint density at radius 1 is 1.21 bits per heavy atom. The smallest absolute Gasteiger partial charge is 0.221 e. The summed E-state index contributed by atoms with van der Waals surface area (Å²) >= 11 is 0. The van der Waals surface area contributed by atoms with E-state index in [1.165, 1.54) is 0 Å². The van der Waals surface area contributed by atoms with Crippen LogP contribution >= 0.6 is 0 Å². The molecule has 3 rings (SSSR count). The van der Waals surface area contributed by atoms with E-state index < -0.39 is 0 Å². The number of anilines is 3. The van der Waals surface area contributed by atoms with E-state index in [-0.39, 0.29) is 5.95 Å². The van der Waals surface area contributed by atoms with Crippen LogP contribution in [0.1, 0.15) is 5.56 Å². The van der Waals surface area contributed by atoms with Gasteiger partial charge >= 0.3 is 0 Å². The molecule has 0 amide bonds. The first-order valence-electron chi connectivity index (χ1n) is 5.98. The van der Waals surface area contributed by atoms with Crippen molar-refractivity contribution in [2.75, 3.05) is 24.3 Å². The maximum Gasteiger partial charge on any atom is 0.221 e. The third-order valence-electron chi connectivity index (χ3n) is 2.80. The highest BCUT2D eigenvalue weighted by Crippen LogP contribution is 2.33. The number of aryl methyl sites for hydroxylation is 1. The zero-order chi connectivity index (χ0) is 13.2. The number of nitrogens with zero attached hydrogens (tertiary/aromatic N) is 2.